The first-order valence-corrected chi connectivity index (χ1v) is 6.60. The standard InChI is InChI=1S/C15H24/c1-11-6-7-12-13(2,3)10-14(4)8-5-9-15(11,12)14/h5,9,11-12H,6-8,10H2,1-4H3/t11-,12+,14+,15?/m1/s1. The van der Waals surface area contributed by atoms with Gasteiger partial charge in [-0.05, 0) is 53.8 Å². The lowest BCUT2D eigenvalue weighted by molar-refractivity contribution is 0.0942. The minimum Gasteiger partial charge on any atom is -0.0874 e. The summed E-state index contributed by atoms with van der Waals surface area (Å²) in [5.74, 6) is 1.86. The van der Waals surface area contributed by atoms with Crippen LogP contribution >= 0.6 is 0 Å². The van der Waals surface area contributed by atoms with E-state index in [1.807, 2.05) is 0 Å². The zero-order chi connectivity index (χ0) is 10.9. The minimum atomic E-state index is 0.566. The van der Waals surface area contributed by atoms with E-state index in [9.17, 15) is 0 Å². The Labute approximate surface area is 94.1 Å². The molecule has 0 saturated heterocycles. The molecule has 4 atom stereocenters. The van der Waals surface area contributed by atoms with Crippen molar-refractivity contribution in [1.29, 1.82) is 0 Å². The van der Waals surface area contributed by atoms with Crippen molar-refractivity contribution in [2.24, 2.45) is 28.1 Å². The molecule has 0 aromatic carbocycles. The van der Waals surface area contributed by atoms with Gasteiger partial charge in [0.1, 0.15) is 0 Å². The second-order valence-corrected chi connectivity index (χ2v) is 7.30. The van der Waals surface area contributed by atoms with Gasteiger partial charge in [0, 0.05) is 0 Å². The number of rotatable bonds is 0. The molecule has 2 saturated carbocycles. The molecule has 15 heavy (non-hydrogen) atoms. The quantitative estimate of drug-likeness (QED) is 0.513. The highest BCUT2D eigenvalue weighted by atomic mass is 14.7. The third kappa shape index (κ3) is 0.905. The van der Waals surface area contributed by atoms with E-state index < -0.39 is 0 Å². The molecule has 0 radical (unpaired) electrons. The largest absolute Gasteiger partial charge is 0.0874 e. The van der Waals surface area contributed by atoms with Gasteiger partial charge in [-0.15, -0.1) is 0 Å². The molecule has 1 unspecified atom stereocenters. The van der Waals surface area contributed by atoms with Gasteiger partial charge in [-0.25, -0.2) is 0 Å². The molecule has 0 amide bonds. The van der Waals surface area contributed by atoms with Gasteiger partial charge in [-0.2, -0.15) is 0 Å². The number of hydrogen-bond donors (Lipinski definition) is 0. The van der Waals surface area contributed by atoms with Gasteiger partial charge in [-0.1, -0.05) is 39.8 Å². The van der Waals surface area contributed by atoms with Crippen LogP contribution < -0.4 is 0 Å². The average Bonchev–Trinajstić information content (AvgIpc) is 2.62. The summed E-state index contributed by atoms with van der Waals surface area (Å²) < 4.78 is 0. The lowest BCUT2D eigenvalue weighted by Crippen LogP contribution is -2.36. The molecule has 0 heterocycles. The van der Waals surface area contributed by atoms with Crippen molar-refractivity contribution in [3.63, 3.8) is 0 Å². The Morgan fingerprint density at radius 3 is 2.60 bits per heavy atom. The zero-order valence-corrected chi connectivity index (χ0v) is 10.6. The van der Waals surface area contributed by atoms with Gasteiger partial charge in [0.15, 0.2) is 0 Å². The lowest BCUT2D eigenvalue weighted by Gasteiger charge is -2.41. The van der Waals surface area contributed by atoms with Crippen LogP contribution in [0.25, 0.3) is 0 Å². The molecule has 84 valence electrons. The second kappa shape index (κ2) is 2.52. The highest BCUT2D eigenvalue weighted by Crippen LogP contribution is 2.75. The maximum atomic E-state index is 2.62. The van der Waals surface area contributed by atoms with Gasteiger partial charge in [-0.3, -0.25) is 0 Å². The molecule has 2 fully saturated rings. The molecule has 0 nitrogen and oxygen atoms in total. The van der Waals surface area contributed by atoms with Crippen LogP contribution in [0.4, 0.5) is 0 Å². The minimum absolute atomic E-state index is 0.566. The van der Waals surface area contributed by atoms with Crippen LogP contribution in [0, 0.1) is 28.1 Å². The molecule has 0 aromatic rings. The summed E-state index contributed by atoms with van der Waals surface area (Å²) >= 11 is 0. The van der Waals surface area contributed by atoms with Crippen molar-refractivity contribution < 1.29 is 0 Å². The van der Waals surface area contributed by atoms with Crippen molar-refractivity contribution in [2.75, 3.05) is 0 Å². The summed E-state index contributed by atoms with van der Waals surface area (Å²) in [5.41, 5.74) is 1.72. The van der Waals surface area contributed by atoms with Crippen LogP contribution in [-0.4, -0.2) is 0 Å². The van der Waals surface area contributed by atoms with Crippen molar-refractivity contribution in [3.05, 3.63) is 12.2 Å². The Balaban J connectivity index is 2.16. The first-order valence-electron chi connectivity index (χ1n) is 6.60. The Hall–Kier alpha value is -0.260. The topological polar surface area (TPSA) is 0 Å². The monoisotopic (exact) mass is 204 g/mol. The van der Waals surface area contributed by atoms with E-state index in [1.165, 1.54) is 25.7 Å². The molecular weight excluding hydrogens is 180 g/mol. The van der Waals surface area contributed by atoms with E-state index in [0.29, 0.717) is 16.2 Å². The van der Waals surface area contributed by atoms with E-state index in [1.54, 1.807) is 0 Å². The molecule has 3 rings (SSSR count). The smallest absolute Gasteiger partial charge is 0.000243 e. The fourth-order valence-corrected chi connectivity index (χ4v) is 5.82. The maximum absolute atomic E-state index is 2.62. The van der Waals surface area contributed by atoms with Crippen LogP contribution in [0.1, 0.15) is 53.4 Å². The number of hydrogen-bond acceptors (Lipinski definition) is 0. The van der Waals surface area contributed by atoms with Crippen molar-refractivity contribution in [3.8, 4) is 0 Å². The summed E-state index contributed by atoms with van der Waals surface area (Å²) in [6.07, 6.45) is 10.8. The average molecular weight is 204 g/mol. The fraction of sp³-hybridized carbons (Fsp3) is 0.867. The predicted octanol–water partition coefficient (Wildman–Crippen LogP) is 4.42. The van der Waals surface area contributed by atoms with E-state index in [0.717, 1.165) is 11.8 Å². The summed E-state index contributed by atoms with van der Waals surface area (Å²) in [5, 5.41) is 0. The zero-order valence-electron chi connectivity index (χ0n) is 10.6. The van der Waals surface area contributed by atoms with Crippen molar-refractivity contribution >= 4 is 0 Å². The molecule has 0 bridgehead atoms. The normalized spacial score (nSPS) is 55.7. The third-order valence-electron chi connectivity index (χ3n) is 6.08. The highest BCUT2D eigenvalue weighted by molar-refractivity contribution is 5.28. The lowest BCUT2D eigenvalue weighted by atomic mass is 9.62. The molecule has 0 aliphatic heterocycles. The Kier molecular flexibility index (Phi) is 1.67. The van der Waals surface area contributed by atoms with Crippen molar-refractivity contribution in [2.45, 2.75) is 53.4 Å². The molecule has 1 spiro atoms. The van der Waals surface area contributed by atoms with Crippen LogP contribution in [0.15, 0.2) is 12.2 Å². The molecule has 3 aliphatic carbocycles. The first kappa shape index (κ1) is 9.93. The molecule has 0 N–H and O–H groups in total. The van der Waals surface area contributed by atoms with E-state index >= 15 is 0 Å². The van der Waals surface area contributed by atoms with E-state index in [-0.39, 0.29) is 0 Å². The summed E-state index contributed by atoms with van der Waals surface area (Å²) in [6, 6.07) is 0. The second-order valence-electron chi connectivity index (χ2n) is 7.30. The predicted molar refractivity (Wildman–Crippen MR) is 64.6 cm³/mol. The molecule has 3 aliphatic rings. The van der Waals surface area contributed by atoms with Gasteiger partial charge in [0.2, 0.25) is 0 Å². The maximum Gasteiger partial charge on any atom is -0.000243 e. The summed E-state index contributed by atoms with van der Waals surface area (Å²) in [4.78, 5) is 0. The van der Waals surface area contributed by atoms with Crippen LogP contribution in [0.5, 0.6) is 0 Å². The van der Waals surface area contributed by atoms with Gasteiger partial charge in [0.25, 0.3) is 0 Å². The third-order valence-corrected chi connectivity index (χ3v) is 6.08. The Morgan fingerprint density at radius 2 is 1.87 bits per heavy atom. The van der Waals surface area contributed by atoms with E-state index in [4.69, 9.17) is 0 Å². The fourth-order valence-electron chi connectivity index (χ4n) is 5.82. The van der Waals surface area contributed by atoms with Gasteiger partial charge >= 0.3 is 0 Å². The number of allylic oxidation sites excluding steroid dienone is 2. The first-order chi connectivity index (χ1) is 6.92. The molecular formula is C15H24. The van der Waals surface area contributed by atoms with Crippen LogP contribution in [0.2, 0.25) is 0 Å². The summed E-state index contributed by atoms with van der Waals surface area (Å²) in [7, 11) is 0. The highest BCUT2D eigenvalue weighted by Gasteiger charge is 2.67. The van der Waals surface area contributed by atoms with Crippen LogP contribution in [0.3, 0.4) is 0 Å². The Bertz CT molecular complexity index is 325. The van der Waals surface area contributed by atoms with Gasteiger partial charge in [0.05, 0.1) is 0 Å². The van der Waals surface area contributed by atoms with Crippen molar-refractivity contribution in [1.82, 2.24) is 0 Å². The SMILES string of the molecule is C[C@@H]1CC[C@H]2C(C)(C)C[C@]3(C)CC=CC123. The molecule has 0 heteroatoms. The van der Waals surface area contributed by atoms with Crippen LogP contribution in [-0.2, 0) is 0 Å². The summed E-state index contributed by atoms with van der Waals surface area (Å²) in [6.45, 7) is 10.1. The molecule has 0 aromatic heterocycles. The van der Waals surface area contributed by atoms with E-state index in [2.05, 4.69) is 39.8 Å². The Morgan fingerprint density at radius 1 is 1.13 bits per heavy atom. The van der Waals surface area contributed by atoms with Gasteiger partial charge < -0.3 is 0 Å².